The third kappa shape index (κ3) is 3.19. The van der Waals surface area contributed by atoms with E-state index in [0.29, 0.717) is 5.82 Å². The molecule has 20 heavy (non-hydrogen) atoms. The van der Waals surface area contributed by atoms with Gasteiger partial charge in [-0.1, -0.05) is 27.7 Å². The van der Waals surface area contributed by atoms with Crippen molar-refractivity contribution in [2.45, 2.75) is 45.6 Å². The van der Waals surface area contributed by atoms with Crippen LogP contribution in [0.15, 0.2) is 6.07 Å². The van der Waals surface area contributed by atoms with Crippen LogP contribution >= 0.6 is 0 Å². The Morgan fingerprint density at radius 2 is 2.10 bits per heavy atom. The molecule has 112 valence electrons. The lowest BCUT2D eigenvalue weighted by molar-refractivity contribution is 0.0968. The Labute approximate surface area is 120 Å². The molecule has 2 rings (SSSR count). The van der Waals surface area contributed by atoms with E-state index in [1.807, 2.05) is 6.07 Å². The Morgan fingerprint density at radius 3 is 2.65 bits per heavy atom. The van der Waals surface area contributed by atoms with Crippen molar-refractivity contribution in [3.8, 4) is 0 Å². The van der Waals surface area contributed by atoms with E-state index < -0.39 is 0 Å². The fraction of sp³-hybridized carbons (Fsp3) is 0.714. The average molecular weight is 279 g/mol. The van der Waals surface area contributed by atoms with Crippen LogP contribution in [0.2, 0.25) is 0 Å². The van der Waals surface area contributed by atoms with E-state index in [9.17, 15) is 5.11 Å². The predicted octanol–water partition coefficient (Wildman–Crippen LogP) is 1.27. The highest BCUT2D eigenvalue weighted by Crippen LogP contribution is 2.26. The number of nitrogen functional groups attached to an aromatic ring is 1. The molecule has 0 amide bonds. The molecule has 6 nitrogen and oxygen atoms in total. The molecule has 1 aliphatic rings. The zero-order valence-electron chi connectivity index (χ0n) is 12.7. The highest BCUT2D eigenvalue weighted by molar-refractivity contribution is 5.49. The molecular weight excluding hydrogens is 254 g/mol. The molecule has 0 radical (unpaired) electrons. The van der Waals surface area contributed by atoms with Crippen LogP contribution < -0.4 is 16.2 Å². The molecule has 0 saturated carbocycles. The molecule has 1 fully saturated rings. The summed E-state index contributed by atoms with van der Waals surface area (Å²) < 4.78 is 0. The van der Waals surface area contributed by atoms with Gasteiger partial charge in [0.05, 0.1) is 6.10 Å². The van der Waals surface area contributed by atoms with Crippen LogP contribution in [-0.2, 0) is 5.41 Å². The molecule has 1 saturated heterocycles. The van der Waals surface area contributed by atoms with Crippen LogP contribution in [0.25, 0.3) is 0 Å². The number of nitrogens with one attached hydrogen (secondary N) is 1. The number of hydrazine groups is 1. The lowest BCUT2D eigenvalue weighted by Gasteiger charge is -2.35. The second-order valence-corrected chi connectivity index (χ2v) is 6.61. The third-order valence-electron chi connectivity index (χ3n) is 3.72. The SMILES string of the molecule is CC1CN(c2cc(NN)nc(C(C)(C)C)n2)CCC1O. The van der Waals surface area contributed by atoms with Crippen molar-refractivity contribution in [2.75, 3.05) is 23.4 Å². The van der Waals surface area contributed by atoms with Gasteiger partial charge in [0.15, 0.2) is 0 Å². The van der Waals surface area contributed by atoms with Gasteiger partial charge in [0.25, 0.3) is 0 Å². The molecule has 4 N–H and O–H groups in total. The van der Waals surface area contributed by atoms with Crippen molar-refractivity contribution in [3.63, 3.8) is 0 Å². The quantitative estimate of drug-likeness (QED) is 0.558. The summed E-state index contributed by atoms with van der Waals surface area (Å²) in [4.78, 5) is 11.3. The molecule has 2 unspecified atom stereocenters. The minimum Gasteiger partial charge on any atom is -0.393 e. The first kappa shape index (κ1) is 15.0. The van der Waals surface area contributed by atoms with E-state index in [2.05, 4.69) is 48.0 Å². The summed E-state index contributed by atoms with van der Waals surface area (Å²) in [6.45, 7) is 9.89. The Morgan fingerprint density at radius 1 is 1.40 bits per heavy atom. The number of aliphatic hydroxyl groups excluding tert-OH is 1. The van der Waals surface area contributed by atoms with Crippen LogP contribution in [-0.4, -0.2) is 34.3 Å². The molecule has 0 bridgehead atoms. The zero-order chi connectivity index (χ0) is 14.9. The predicted molar refractivity (Wildman–Crippen MR) is 80.5 cm³/mol. The van der Waals surface area contributed by atoms with Crippen molar-refractivity contribution in [3.05, 3.63) is 11.9 Å². The van der Waals surface area contributed by atoms with Crippen LogP contribution in [0.5, 0.6) is 0 Å². The Kier molecular flexibility index (Phi) is 4.15. The van der Waals surface area contributed by atoms with Crippen molar-refractivity contribution >= 4 is 11.6 Å². The van der Waals surface area contributed by atoms with E-state index in [0.717, 1.165) is 31.2 Å². The second kappa shape index (κ2) is 5.54. The van der Waals surface area contributed by atoms with Crippen LogP contribution in [0.1, 0.15) is 39.9 Å². The first-order valence-corrected chi connectivity index (χ1v) is 7.10. The number of nitrogens with zero attached hydrogens (tertiary/aromatic N) is 3. The van der Waals surface area contributed by atoms with Crippen LogP contribution in [0.4, 0.5) is 11.6 Å². The average Bonchev–Trinajstić information content (AvgIpc) is 2.40. The summed E-state index contributed by atoms with van der Waals surface area (Å²) in [5, 5.41) is 9.84. The third-order valence-corrected chi connectivity index (χ3v) is 3.72. The van der Waals surface area contributed by atoms with Crippen molar-refractivity contribution < 1.29 is 5.11 Å². The molecule has 0 spiro atoms. The fourth-order valence-electron chi connectivity index (χ4n) is 2.35. The van der Waals surface area contributed by atoms with Crippen LogP contribution in [0, 0.1) is 5.92 Å². The molecule has 2 heterocycles. The molecule has 0 aromatic carbocycles. The van der Waals surface area contributed by atoms with E-state index in [-0.39, 0.29) is 17.4 Å². The first-order chi connectivity index (χ1) is 9.31. The summed E-state index contributed by atoms with van der Waals surface area (Å²) in [6.07, 6.45) is 0.545. The number of aromatic nitrogens is 2. The van der Waals surface area contributed by atoms with Gasteiger partial charge in [0.1, 0.15) is 17.5 Å². The van der Waals surface area contributed by atoms with Gasteiger partial charge in [0.2, 0.25) is 0 Å². The number of hydrogen-bond acceptors (Lipinski definition) is 6. The maximum absolute atomic E-state index is 9.84. The fourth-order valence-corrected chi connectivity index (χ4v) is 2.35. The van der Waals surface area contributed by atoms with Gasteiger partial charge in [-0.15, -0.1) is 0 Å². The van der Waals surface area contributed by atoms with E-state index in [1.165, 1.54) is 0 Å². The van der Waals surface area contributed by atoms with E-state index in [1.54, 1.807) is 0 Å². The monoisotopic (exact) mass is 279 g/mol. The van der Waals surface area contributed by atoms with Crippen LogP contribution in [0.3, 0.4) is 0 Å². The number of rotatable bonds is 2. The van der Waals surface area contributed by atoms with Gasteiger partial charge in [0, 0.05) is 24.6 Å². The van der Waals surface area contributed by atoms with E-state index in [4.69, 9.17) is 5.84 Å². The number of piperidine rings is 1. The minimum absolute atomic E-state index is 0.136. The first-order valence-electron chi connectivity index (χ1n) is 7.10. The number of anilines is 2. The molecule has 1 aromatic rings. The summed E-state index contributed by atoms with van der Waals surface area (Å²) in [5.41, 5.74) is 2.48. The normalized spacial score (nSPS) is 23.8. The van der Waals surface area contributed by atoms with Crippen molar-refractivity contribution in [1.82, 2.24) is 9.97 Å². The minimum atomic E-state index is -0.220. The van der Waals surface area contributed by atoms with Gasteiger partial charge in [-0.3, -0.25) is 0 Å². The van der Waals surface area contributed by atoms with Gasteiger partial charge in [-0.05, 0) is 12.3 Å². The lowest BCUT2D eigenvalue weighted by Crippen LogP contribution is -2.42. The second-order valence-electron chi connectivity index (χ2n) is 6.61. The molecule has 0 aliphatic carbocycles. The zero-order valence-corrected chi connectivity index (χ0v) is 12.7. The number of hydrogen-bond donors (Lipinski definition) is 3. The Bertz CT molecular complexity index is 471. The topological polar surface area (TPSA) is 87.3 Å². The number of nitrogens with two attached hydrogens (primary N) is 1. The highest BCUT2D eigenvalue weighted by Gasteiger charge is 2.27. The standard InChI is InChI=1S/C14H25N5O/c1-9-8-19(6-5-10(9)20)12-7-11(18-15)16-13(17-12)14(2,3)4/h7,9-10,20H,5-6,8,15H2,1-4H3,(H,16,17,18). The summed E-state index contributed by atoms with van der Waals surface area (Å²) in [7, 11) is 0. The van der Waals surface area contributed by atoms with Gasteiger partial charge >= 0.3 is 0 Å². The lowest BCUT2D eigenvalue weighted by atomic mass is 9.95. The van der Waals surface area contributed by atoms with Crippen molar-refractivity contribution in [2.24, 2.45) is 11.8 Å². The number of aliphatic hydroxyl groups is 1. The highest BCUT2D eigenvalue weighted by atomic mass is 16.3. The largest absolute Gasteiger partial charge is 0.393 e. The Hall–Kier alpha value is -1.40. The molecule has 1 aliphatic heterocycles. The van der Waals surface area contributed by atoms with Gasteiger partial charge in [-0.25, -0.2) is 15.8 Å². The molecule has 6 heteroatoms. The maximum atomic E-state index is 9.84. The summed E-state index contributed by atoms with van der Waals surface area (Å²) in [6, 6.07) is 1.86. The summed E-state index contributed by atoms with van der Waals surface area (Å²) >= 11 is 0. The molecule has 1 aromatic heterocycles. The smallest absolute Gasteiger partial charge is 0.145 e. The molecular formula is C14H25N5O. The summed E-state index contributed by atoms with van der Waals surface area (Å²) in [5.74, 6) is 8.01. The van der Waals surface area contributed by atoms with Gasteiger partial charge in [-0.2, -0.15) is 0 Å². The Balaban J connectivity index is 2.31. The van der Waals surface area contributed by atoms with Gasteiger partial charge < -0.3 is 15.4 Å². The van der Waals surface area contributed by atoms with E-state index >= 15 is 0 Å². The van der Waals surface area contributed by atoms with Crippen molar-refractivity contribution in [1.29, 1.82) is 0 Å². The maximum Gasteiger partial charge on any atom is 0.145 e. The molecule has 2 atom stereocenters.